The van der Waals surface area contributed by atoms with E-state index in [1.165, 1.54) is 7.11 Å². The number of carbonyl (C=O) groups is 1. The molecule has 0 saturated carbocycles. The van der Waals surface area contributed by atoms with Gasteiger partial charge in [-0.25, -0.2) is 4.79 Å². The average molecular weight is 259 g/mol. The fourth-order valence-corrected chi connectivity index (χ4v) is 2.17. The van der Waals surface area contributed by atoms with Crippen LogP contribution in [0.5, 0.6) is 0 Å². The molecule has 0 aliphatic carbocycles. The molecular weight excluding hydrogens is 234 g/mol. The van der Waals surface area contributed by atoms with Crippen molar-refractivity contribution in [1.29, 1.82) is 0 Å². The van der Waals surface area contributed by atoms with Gasteiger partial charge in [-0.15, -0.1) is 0 Å². The molecule has 0 radical (unpaired) electrons. The summed E-state index contributed by atoms with van der Waals surface area (Å²) in [6.45, 7) is 8.31. The largest absolute Gasteiger partial charge is 0.468 e. The predicted octanol–water partition coefficient (Wildman–Crippen LogP) is 0.969. The molecule has 0 bridgehead atoms. The molecule has 5 nitrogen and oxygen atoms in total. The van der Waals surface area contributed by atoms with E-state index in [1.807, 2.05) is 20.8 Å². The van der Waals surface area contributed by atoms with Gasteiger partial charge in [-0.3, -0.25) is 5.32 Å². The Balaban J connectivity index is 2.42. The molecule has 1 fully saturated rings. The molecule has 5 heteroatoms. The lowest BCUT2D eigenvalue weighted by molar-refractivity contribution is -0.151. The zero-order valence-corrected chi connectivity index (χ0v) is 11.8. The molecule has 18 heavy (non-hydrogen) atoms. The third-order valence-electron chi connectivity index (χ3n) is 3.01. The first kappa shape index (κ1) is 15.4. The summed E-state index contributed by atoms with van der Waals surface area (Å²) in [5, 5.41) is 3.20. The van der Waals surface area contributed by atoms with E-state index < -0.39 is 5.54 Å². The van der Waals surface area contributed by atoms with E-state index in [0.29, 0.717) is 19.1 Å². The fraction of sp³-hybridized carbons (Fsp3) is 0.923. The maximum Gasteiger partial charge on any atom is 0.328 e. The molecule has 1 aliphatic rings. The van der Waals surface area contributed by atoms with Crippen LogP contribution in [0.3, 0.4) is 0 Å². The molecule has 0 aromatic rings. The summed E-state index contributed by atoms with van der Waals surface area (Å²) in [6, 6.07) is 0.188. The van der Waals surface area contributed by atoms with Gasteiger partial charge in [0.2, 0.25) is 0 Å². The van der Waals surface area contributed by atoms with Crippen LogP contribution in [-0.4, -0.2) is 51.1 Å². The van der Waals surface area contributed by atoms with E-state index in [-0.39, 0.29) is 12.0 Å². The molecule has 1 heterocycles. The van der Waals surface area contributed by atoms with E-state index in [1.54, 1.807) is 0 Å². The minimum absolute atomic E-state index is 0.188. The first-order valence-electron chi connectivity index (χ1n) is 6.49. The van der Waals surface area contributed by atoms with E-state index in [0.717, 1.165) is 19.6 Å². The molecule has 0 aromatic carbocycles. The van der Waals surface area contributed by atoms with Crippen molar-refractivity contribution in [2.75, 3.05) is 33.5 Å². The number of carbonyl (C=O) groups excluding carboxylic acids is 1. The van der Waals surface area contributed by atoms with E-state index in [4.69, 9.17) is 14.2 Å². The van der Waals surface area contributed by atoms with Gasteiger partial charge in [0.05, 0.1) is 26.9 Å². The van der Waals surface area contributed by atoms with Crippen molar-refractivity contribution in [3.8, 4) is 0 Å². The summed E-state index contributed by atoms with van der Waals surface area (Å²) in [5.74, 6) is 0.157. The van der Waals surface area contributed by atoms with Crippen LogP contribution in [-0.2, 0) is 19.0 Å². The van der Waals surface area contributed by atoms with E-state index in [9.17, 15) is 4.79 Å². The number of hydrogen-bond donors (Lipinski definition) is 1. The number of nitrogens with one attached hydrogen (secondary N) is 1. The summed E-state index contributed by atoms with van der Waals surface area (Å²) < 4.78 is 15.8. The summed E-state index contributed by atoms with van der Waals surface area (Å²) in [5.41, 5.74) is -0.789. The Hall–Kier alpha value is -0.650. The lowest BCUT2D eigenvalue weighted by Gasteiger charge is -2.30. The van der Waals surface area contributed by atoms with Crippen LogP contribution in [0.4, 0.5) is 0 Å². The smallest absolute Gasteiger partial charge is 0.328 e. The number of ether oxygens (including phenoxy) is 3. The quantitative estimate of drug-likeness (QED) is 0.690. The second-order valence-corrected chi connectivity index (χ2v) is 5.37. The fourth-order valence-electron chi connectivity index (χ4n) is 2.17. The highest BCUT2D eigenvalue weighted by Gasteiger charge is 2.35. The number of methoxy groups -OCH3 is 1. The molecule has 0 spiro atoms. The first-order valence-corrected chi connectivity index (χ1v) is 6.49. The van der Waals surface area contributed by atoms with Gasteiger partial charge in [0.1, 0.15) is 5.54 Å². The van der Waals surface area contributed by atoms with Crippen LogP contribution in [0, 0.1) is 5.92 Å². The van der Waals surface area contributed by atoms with Gasteiger partial charge < -0.3 is 14.2 Å². The van der Waals surface area contributed by atoms with Gasteiger partial charge in [-0.1, -0.05) is 0 Å². The molecule has 1 rings (SSSR count). The Morgan fingerprint density at radius 2 is 2.28 bits per heavy atom. The normalized spacial score (nSPS) is 23.1. The van der Waals surface area contributed by atoms with Crippen LogP contribution in [0.15, 0.2) is 0 Å². The minimum atomic E-state index is -0.789. The molecule has 1 aliphatic heterocycles. The topological polar surface area (TPSA) is 56.8 Å². The Morgan fingerprint density at radius 1 is 1.56 bits per heavy atom. The van der Waals surface area contributed by atoms with Crippen LogP contribution in [0.2, 0.25) is 0 Å². The minimum Gasteiger partial charge on any atom is -0.468 e. The molecule has 2 unspecified atom stereocenters. The van der Waals surface area contributed by atoms with Crippen LogP contribution in [0.1, 0.15) is 27.2 Å². The lowest BCUT2D eigenvalue weighted by atomic mass is 10.0. The Bertz CT molecular complexity index is 264. The third-order valence-corrected chi connectivity index (χ3v) is 3.01. The summed E-state index contributed by atoms with van der Waals surface area (Å²) in [6.07, 6.45) is 1.03. The standard InChI is InChI=1S/C13H25NO4/c1-10(2)14-13(3,12(15)16-4)9-18-8-11-5-6-17-7-11/h10-11,14H,5-9H2,1-4H3. The Labute approximate surface area is 109 Å². The Kier molecular flexibility index (Phi) is 6.05. The summed E-state index contributed by atoms with van der Waals surface area (Å²) in [4.78, 5) is 11.8. The number of rotatable bonds is 7. The van der Waals surface area contributed by atoms with Gasteiger partial charge in [-0.05, 0) is 27.2 Å². The van der Waals surface area contributed by atoms with Crippen LogP contribution in [0.25, 0.3) is 0 Å². The predicted molar refractivity (Wildman–Crippen MR) is 68.4 cm³/mol. The van der Waals surface area contributed by atoms with Crippen LogP contribution < -0.4 is 5.32 Å². The maximum absolute atomic E-state index is 11.8. The third kappa shape index (κ3) is 4.55. The Morgan fingerprint density at radius 3 is 2.78 bits per heavy atom. The van der Waals surface area contributed by atoms with Crippen molar-refractivity contribution >= 4 is 5.97 Å². The summed E-state index contributed by atoms with van der Waals surface area (Å²) >= 11 is 0. The second kappa shape index (κ2) is 7.07. The van der Waals surface area contributed by atoms with Crippen molar-refractivity contribution in [1.82, 2.24) is 5.32 Å². The highest BCUT2D eigenvalue weighted by molar-refractivity contribution is 5.80. The first-order chi connectivity index (χ1) is 8.48. The molecular formula is C13H25NO4. The zero-order valence-electron chi connectivity index (χ0n) is 11.8. The second-order valence-electron chi connectivity index (χ2n) is 5.37. The highest BCUT2D eigenvalue weighted by atomic mass is 16.5. The zero-order chi connectivity index (χ0) is 13.6. The summed E-state index contributed by atoms with van der Waals surface area (Å²) in [7, 11) is 1.40. The van der Waals surface area contributed by atoms with E-state index in [2.05, 4.69) is 5.32 Å². The number of hydrogen-bond acceptors (Lipinski definition) is 5. The molecule has 2 atom stereocenters. The van der Waals surface area contributed by atoms with Crippen molar-refractivity contribution in [3.05, 3.63) is 0 Å². The molecule has 0 aromatic heterocycles. The highest BCUT2D eigenvalue weighted by Crippen LogP contribution is 2.14. The van der Waals surface area contributed by atoms with Gasteiger partial charge in [0.25, 0.3) is 0 Å². The van der Waals surface area contributed by atoms with Gasteiger partial charge in [0.15, 0.2) is 0 Å². The number of esters is 1. The van der Waals surface area contributed by atoms with Crippen molar-refractivity contribution in [2.45, 2.75) is 38.8 Å². The maximum atomic E-state index is 11.8. The van der Waals surface area contributed by atoms with Crippen molar-refractivity contribution in [2.24, 2.45) is 5.92 Å². The monoisotopic (exact) mass is 259 g/mol. The average Bonchev–Trinajstić information content (AvgIpc) is 2.80. The van der Waals surface area contributed by atoms with Gasteiger partial charge in [0, 0.05) is 18.6 Å². The SMILES string of the molecule is COC(=O)C(C)(COCC1CCOC1)NC(C)C. The van der Waals surface area contributed by atoms with Crippen molar-refractivity contribution < 1.29 is 19.0 Å². The molecule has 1 saturated heterocycles. The van der Waals surface area contributed by atoms with Gasteiger partial charge in [-0.2, -0.15) is 0 Å². The molecule has 106 valence electrons. The van der Waals surface area contributed by atoms with Crippen LogP contribution >= 0.6 is 0 Å². The van der Waals surface area contributed by atoms with E-state index >= 15 is 0 Å². The van der Waals surface area contributed by atoms with Gasteiger partial charge >= 0.3 is 5.97 Å². The molecule has 0 amide bonds. The lowest BCUT2D eigenvalue weighted by Crippen LogP contribution is -2.56. The van der Waals surface area contributed by atoms with Crippen molar-refractivity contribution in [3.63, 3.8) is 0 Å². The molecule has 1 N–H and O–H groups in total.